The molecular formula is C49H57F2N13O3. The number of benzene rings is 1. The van der Waals surface area contributed by atoms with E-state index in [-0.39, 0.29) is 41.9 Å². The summed E-state index contributed by atoms with van der Waals surface area (Å²) < 4.78 is 32.4. The minimum absolute atomic E-state index is 0.0785. The third kappa shape index (κ3) is 9.05. The van der Waals surface area contributed by atoms with Crippen LogP contribution in [0.5, 0.6) is 0 Å². The number of fused-ring (bicyclic) bond motifs is 1. The first-order valence-electron chi connectivity index (χ1n) is 23.9. The topological polar surface area (TPSA) is 182 Å². The van der Waals surface area contributed by atoms with Crippen LogP contribution in [-0.2, 0) is 14.4 Å². The highest BCUT2D eigenvalue weighted by atomic mass is 19.1. The van der Waals surface area contributed by atoms with Crippen molar-refractivity contribution in [3.63, 3.8) is 0 Å². The summed E-state index contributed by atoms with van der Waals surface area (Å²) in [7, 11) is 0. The number of nitrogens with one attached hydrogen (secondary N) is 3. The van der Waals surface area contributed by atoms with E-state index < -0.39 is 17.6 Å². The second-order valence-electron chi connectivity index (χ2n) is 19.1. The number of amides is 3. The fourth-order valence-corrected chi connectivity index (χ4v) is 10.9. The Hall–Kier alpha value is -6.48. The summed E-state index contributed by atoms with van der Waals surface area (Å²) in [5, 5.41) is 27.9. The number of anilines is 3. The van der Waals surface area contributed by atoms with E-state index in [4.69, 9.17) is 15.1 Å². The zero-order valence-electron chi connectivity index (χ0n) is 37.8. The van der Waals surface area contributed by atoms with Gasteiger partial charge in [0.25, 0.3) is 0 Å². The summed E-state index contributed by atoms with van der Waals surface area (Å²) in [6, 6.07) is 11.3. The van der Waals surface area contributed by atoms with Crippen molar-refractivity contribution >= 4 is 40.4 Å². The van der Waals surface area contributed by atoms with Crippen LogP contribution in [0.4, 0.5) is 26.0 Å². The Bertz CT molecular complexity index is 2670. The lowest BCUT2D eigenvalue weighted by molar-refractivity contribution is -0.134. The number of nitriles is 1. The SMILES string of the molecule is CCC1(C(=O)NC[C@H]2C[C@@H](F)C2)CCN(c2ccc(-c3nc(-c4cnn([C@H]5CC[C@H](N6CCN(c7ccc(NC8CCC(=O)NC8=O)cc7F)CC6)CC5)c4)cn4ncc(C#N)c34)cn2)CC1. The van der Waals surface area contributed by atoms with Crippen LogP contribution in [0.3, 0.4) is 0 Å². The van der Waals surface area contributed by atoms with Crippen molar-refractivity contribution in [2.45, 2.75) is 102 Å². The number of nitrogens with zero attached hydrogens (tertiary/aromatic N) is 10. The van der Waals surface area contributed by atoms with Gasteiger partial charge in [-0.25, -0.2) is 23.3 Å². The van der Waals surface area contributed by atoms with E-state index in [1.807, 2.05) is 24.5 Å². The lowest BCUT2D eigenvalue weighted by atomic mass is 9.75. The molecule has 4 aromatic heterocycles. The number of imide groups is 1. The van der Waals surface area contributed by atoms with E-state index in [1.165, 1.54) is 6.07 Å². The van der Waals surface area contributed by atoms with E-state index in [9.17, 15) is 24.0 Å². The fourth-order valence-electron chi connectivity index (χ4n) is 10.9. The van der Waals surface area contributed by atoms with Crippen LogP contribution in [0.1, 0.15) is 89.2 Å². The molecule has 3 amide bonds. The molecule has 0 bridgehead atoms. The normalized spacial score (nSPS) is 24.5. The Labute approximate surface area is 388 Å². The highest BCUT2D eigenvalue weighted by molar-refractivity contribution is 6.01. The summed E-state index contributed by atoms with van der Waals surface area (Å²) in [5.74, 6) is 0.128. The zero-order valence-corrected chi connectivity index (χ0v) is 37.8. The third-order valence-electron chi connectivity index (χ3n) is 15.2. The number of hydrogen-bond donors (Lipinski definition) is 3. The lowest BCUT2D eigenvalue weighted by Crippen LogP contribution is -2.51. The molecule has 18 heteroatoms. The van der Waals surface area contributed by atoms with Gasteiger partial charge < -0.3 is 20.4 Å². The van der Waals surface area contributed by atoms with Crippen LogP contribution < -0.4 is 25.8 Å². The number of alkyl halides is 1. The van der Waals surface area contributed by atoms with E-state index >= 15 is 4.39 Å². The summed E-state index contributed by atoms with van der Waals surface area (Å²) in [5.41, 5.74) is 4.55. The van der Waals surface area contributed by atoms with E-state index in [2.05, 4.69) is 59.6 Å². The number of piperidine rings is 2. The first-order chi connectivity index (χ1) is 32.6. The molecule has 3 saturated heterocycles. The Balaban J connectivity index is 0.749. The number of carbonyl (C=O) groups excluding carboxylic acids is 3. The van der Waals surface area contributed by atoms with Crippen LogP contribution in [0.25, 0.3) is 28.0 Å². The molecule has 10 rings (SSSR count). The maximum atomic E-state index is 15.4. The highest BCUT2D eigenvalue weighted by Gasteiger charge is 2.41. The van der Waals surface area contributed by atoms with Gasteiger partial charge in [0.1, 0.15) is 41.0 Å². The molecule has 7 heterocycles. The van der Waals surface area contributed by atoms with E-state index in [0.29, 0.717) is 91.6 Å². The van der Waals surface area contributed by atoms with Crippen LogP contribution in [0, 0.1) is 28.5 Å². The number of aromatic nitrogens is 6. The van der Waals surface area contributed by atoms with Crippen molar-refractivity contribution in [3.05, 3.63) is 72.7 Å². The first kappa shape index (κ1) is 44.4. The number of hydrogen-bond acceptors (Lipinski definition) is 12. The van der Waals surface area contributed by atoms with Gasteiger partial charge in [0.05, 0.1) is 47.1 Å². The van der Waals surface area contributed by atoms with Crippen molar-refractivity contribution in [1.29, 1.82) is 5.26 Å². The van der Waals surface area contributed by atoms with Gasteiger partial charge in [0, 0.05) is 87.5 Å². The van der Waals surface area contributed by atoms with Gasteiger partial charge >= 0.3 is 0 Å². The fraction of sp³-hybridized carbons (Fsp3) is 0.510. The number of piperazine rings is 1. The molecular weight excluding hydrogens is 857 g/mol. The smallest absolute Gasteiger partial charge is 0.249 e. The van der Waals surface area contributed by atoms with Gasteiger partial charge in [-0.2, -0.15) is 15.5 Å². The number of pyridine rings is 1. The van der Waals surface area contributed by atoms with Crippen molar-refractivity contribution < 1.29 is 23.2 Å². The Morgan fingerprint density at radius 1 is 0.910 bits per heavy atom. The van der Waals surface area contributed by atoms with Gasteiger partial charge in [-0.1, -0.05) is 6.92 Å². The number of halogens is 2. The first-order valence-corrected chi connectivity index (χ1v) is 23.9. The van der Waals surface area contributed by atoms with Crippen LogP contribution in [-0.4, -0.2) is 116 Å². The van der Waals surface area contributed by atoms with Crippen molar-refractivity contribution in [2.24, 2.45) is 11.3 Å². The van der Waals surface area contributed by atoms with Crippen molar-refractivity contribution in [2.75, 3.05) is 60.9 Å². The maximum absolute atomic E-state index is 15.4. The minimum atomic E-state index is -0.728. The van der Waals surface area contributed by atoms with Gasteiger partial charge in [0.15, 0.2) is 0 Å². The van der Waals surface area contributed by atoms with Gasteiger partial charge in [-0.3, -0.25) is 29.3 Å². The van der Waals surface area contributed by atoms with Gasteiger partial charge in [-0.05, 0) is 100 Å². The third-order valence-corrected chi connectivity index (χ3v) is 15.2. The van der Waals surface area contributed by atoms with E-state index in [1.54, 1.807) is 29.0 Å². The Morgan fingerprint density at radius 3 is 2.37 bits per heavy atom. The molecule has 0 spiro atoms. The molecule has 2 saturated carbocycles. The molecule has 2 aliphatic carbocycles. The Morgan fingerprint density at radius 2 is 1.69 bits per heavy atom. The minimum Gasteiger partial charge on any atom is -0.374 e. The molecule has 350 valence electrons. The molecule has 3 aliphatic heterocycles. The van der Waals surface area contributed by atoms with Gasteiger partial charge in [0.2, 0.25) is 17.7 Å². The second-order valence-corrected chi connectivity index (χ2v) is 19.1. The Kier molecular flexibility index (Phi) is 12.4. The quantitative estimate of drug-likeness (QED) is 0.124. The molecule has 5 aromatic rings. The zero-order chi connectivity index (χ0) is 46.2. The molecule has 3 N–H and O–H groups in total. The second kappa shape index (κ2) is 18.7. The summed E-state index contributed by atoms with van der Waals surface area (Å²) in [6.45, 7) is 7.13. The standard InChI is InChI=1S/C49H57F2N13O3/c1-2-49(48(67)54-25-31-21-35(50)22-31)13-15-62(16-14-49)43-11-3-32(26-53-43)45-46-33(24-52)27-56-64(46)30-41(58-45)34-28-55-63(29-34)38-7-5-37(6-8-38)60-17-19-61(20-18-60)42-10-4-36(23-39(42)51)57-40-9-12-44(65)59-47(40)66/h3-4,10-11,23,26-31,35,37-38,40,57H,2,5-9,12-22,25H2,1H3,(H,54,67)(H,59,65,66)/t31-,35+,37-,38-,40?. The van der Waals surface area contributed by atoms with Crippen LogP contribution >= 0.6 is 0 Å². The highest BCUT2D eigenvalue weighted by Crippen LogP contribution is 2.39. The largest absolute Gasteiger partial charge is 0.374 e. The summed E-state index contributed by atoms with van der Waals surface area (Å²) in [4.78, 5) is 53.8. The average Bonchev–Trinajstić information content (AvgIpc) is 4.02. The van der Waals surface area contributed by atoms with Crippen molar-refractivity contribution in [3.8, 4) is 28.6 Å². The molecule has 16 nitrogen and oxygen atoms in total. The molecule has 1 unspecified atom stereocenters. The van der Waals surface area contributed by atoms with E-state index in [0.717, 1.165) is 75.2 Å². The average molecular weight is 914 g/mol. The van der Waals surface area contributed by atoms with Crippen LogP contribution in [0.2, 0.25) is 0 Å². The maximum Gasteiger partial charge on any atom is 0.249 e. The molecule has 1 aromatic carbocycles. The lowest BCUT2D eigenvalue weighted by Gasteiger charge is -2.42. The number of rotatable bonds is 12. The van der Waals surface area contributed by atoms with Crippen LogP contribution in [0.15, 0.2) is 61.3 Å². The predicted molar refractivity (Wildman–Crippen MR) is 248 cm³/mol. The summed E-state index contributed by atoms with van der Waals surface area (Å²) >= 11 is 0. The predicted octanol–water partition coefficient (Wildman–Crippen LogP) is 6.05. The molecule has 1 atom stereocenters. The van der Waals surface area contributed by atoms with Crippen molar-refractivity contribution in [1.82, 2.24) is 44.9 Å². The summed E-state index contributed by atoms with van der Waals surface area (Å²) in [6.07, 6.45) is 16.3. The monoisotopic (exact) mass is 913 g/mol. The molecule has 67 heavy (non-hydrogen) atoms. The molecule has 0 radical (unpaired) electrons. The molecule has 5 aliphatic rings. The number of carbonyl (C=O) groups is 3. The van der Waals surface area contributed by atoms with Gasteiger partial charge in [-0.15, -0.1) is 0 Å². The molecule has 5 fully saturated rings.